The minimum Gasteiger partial charge on any atom is -0.396 e. The van der Waals surface area contributed by atoms with E-state index < -0.39 is 0 Å². The molecular formula is C12H21N3OS. The van der Waals surface area contributed by atoms with Crippen LogP contribution in [0.1, 0.15) is 13.3 Å². The van der Waals surface area contributed by atoms with E-state index in [1.807, 2.05) is 24.2 Å². The Balaban J connectivity index is 2.19. The van der Waals surface area contributed by atoms with E-state index >= 15 is 0 Å². The minimum atomic E-state index is 0.287. The molecule has 0 saturated heterocycles. The highest BCUT2D eigenvalue weighted by Crippen LogP contribution is 2.12. The topological polar surface area (TPSA) is 57.2 Å². The van der Waals surface area contributed by atoms with Crippen molar-refractivity contribution in [2.24, 2.45) is 0 Å². The van der Waals surface area contributed by atoms with E-state index in [-0.39, 0.29) is 6.61 Å². The summed E-state index contributed by atoms with van der Waals surface area (Å²) in [5.74, 6) is 2.07. The van der Waals surface area contributed by atoms with Gasteiger partial charge in [-0.15, -0.1) is 0 Å². The molecule has 5 heteroatoms. The Bertz CT molecular complexity index is 310. The molecule has 1 aromatic rings. The lowest BCUT2D eigenvalue weighted by molar-refractivity contribution is 0.296. The van der Waals surface area contributed by atoms with Gasteiger partial charge in [0, 0.05) is 25.4 Å². The van der Waals surface area contributed by atoms with Crippen molar-refractivity contribution >= 4 is 23.1 Å². The standard InChI is InChI=1S/C12H21N3OS/c1-2-14-11-8-12(10-13-9-11)15-4-7-17-6-3-5-16/h8-10,14-16H,2-7H2,1H3. The molecule has 0 aliphatic heterocycles. The van der Waals surface area contributed by atoms with Crippen LogP contribution in [-0.2, 0) is 0 Å². The second-order valence-corrected chi connectivity index (χ2v) is 4.83. The number of aliphatic hydroxyl groups is 1. The third-order valence-corrected chi connectivity index (χ3v) is 3.21. The molecule has 0 bridgehead atoms. The van der Waals surface area contributed by atoms with Crippen LogP contribution in [0.5, 0.6) is 0 Å². The van der Waals surface area contributed by atoms with Crippen molar-refractivity contribution < 1.29 is 5.11 Å². The molecule has 0 unspecified atom stereocenters. The van der Waals surface area contributed by atoms with Crippen molar-refractivity contribution in [2.45, 2.75) is 13.3 Å². The van der Waals surface area contributed by atoms with E-state index in [2.05, 4.69) is 28.6 Å². The summed E-state index contributed by atoms with van der Waals surface area (Å²) in [7, 11) is 0. The monoisotopic (exact) mass is 255 g/mol. The number of thioether (sulfide) groups is 1. The average Bonchev–Trinajstić information content (AvgIpc) is 2.35. The lowest BCUT2D eigenvalue weighted by Crippen LogP contribution is -2.06. The van der Waals surface area contributed by atoms with Crippen LogP contribution in [0.2, 0.25) is 0 Å². The molecular weight excluding hydrogens is 234 g/mol. The molecule has 96 valence electrons. The smallest absolute Gasteiger partial charge is 0.0547 e. The maximum atomic E-state index is 8.64. The summed E-state index contributed by atoms with van der Waals surface area (Å²) in [5, 5.41) is 15.2. The quantitative estimate of drug-likeness (QED) is 0.590. The molecule has 0 aliphatic carbocycles. The van der Waals surface area contributed by atoms with E-state index in [4.69, 9.17) is 5.11 Å². The van der Waals surface area contributed by atoms with Crippen LogP contribution in [0.3, 0.4) is 0 Å². The third kappa shape index (κ3) is 6.38. The Kier molecular flexibility index (Phi) is 7.58. The fourth-order valence-electron chi connectivity index (χ4n) is 1.37. The van der Waals surface area contributed by atoms with Gasteiger partial charge in [-0.3, -0.25) is 4.98 Å². The van der Waals surface area contributed by atoms with Crippen molar-refractivity contribution in [1.29, 1.82) is 0 Å². The van der Waals surface area contributed by atoms with Crippen LogP contribution in [0.15, 0.2) is 18.5 Å². The van der Waals surface area contributed by atoms with Crippen molar-refractivity contribution in [3.05, 3.63) is 18.5 Å². The summed E-state index contributed by atoms with van der Waals surface area (Å²) in [6.45, 7) is 4.18. The van der Waals surface area contributed by atoms with Crippen molar-refractivity contribution in [2.75, 3.05) is 41.8 Å². The molecule has 17 heavy (non-hydrogen) atoms. The van der Waals surface area contributed by atoms with Gasteiger partial charge in [-0.1, -0.05) is 0 Å². The van der Waals surface area contributed by atoms with Crippen molar-refractivity contribution in [1.82, 2.24) is 4.98 Å². The average molecular weight is 255 g/mol. The van der Waals surface area contributed by atoms with Gasteiger partial charge in [-0.2, -0.15) is 11.8 Å². The summed E-state index contributed by atoms with van der Waals surface area (Å²) < 4.78 is 0. The first-order valence-corrected chi connectivity index (χ1v) is 7.13. The number of hydrogen-bond donors (Lipinski definition) is 3. The molecule has 3 N–H and O–H groups in total. The molecule has 1 heterocycles. The molecule has 0 atom stereocenters. The Morgan fingerprint density at radius 2 is 2.00 bits per heavy atom. The lowest BCUT2D eigenvalue weighted by atomic mass is 10.3. The first-order valence-electron chi connectivity index (χ1n) is 5.98. The van der Waals surface area contributed by atoms with E-state index in [1.54, 1.807) is 0 Å². The van der Waals surface area contributed by atoms with Gasteiger partial charge in [0.25, 0.3) is 0 Å². The van der Waals surface area contributed by atoms with Gasteiger partial charge in [-0.25, -0.2) is 0 Å². The second kappa shape index (κ2) is 9.13. The van der Waals surface area contributed by atoms with Gasteiger partial charge in [-0.05, 0) is 25.2 Å². The first kappa shape index (κ1) is 14.1. The maximum Gasteiger partial charge on any atom is 0.0547 e. The predicted octanol–water partition coefficient (Wildman–Crippen LogP) is 2.04. The van der Waals surface area contributed by atoms with Crippen molar-refractivity contribution in [3.8, 4) is 0 Å². The summed E-state index contributed by atoms with van der Waals surface area (Å²) >= 11 is 1.85. The number of anilines is 2. The van der Waals surface area contributed by atoms with Crippen LogP contribution < -0.4 is 10.6 Å². The van der Waals surface area contributed by atoms with Gasteiger partial charge in [0.1, 0.15) is 0 Å². The number of nitrogens with one attached hydrogen (secondary N) is 2. The van der Waals surface area contributed by atoms with Crippen LogP contribution in [0, 0.1) is 0 Å². The maximum absolute atomic E-state index is 8.64. The zero-order valence-corrected chi connectivity index (χ0v) is 11.1. The van der Waals surface area contributed by atoms with Gasteiger partial charge in [0.15, 0.2) is 0 Å². The molecule has 0 spiro atoms. The van der Waals surface area contributed by atoms with Gasteiger partial charge >= 0.3 is 0 Å². The number of aromatic nitrogens is 1. The molecule has 0 aliphatic rings. The summed E-state index contributed by atoms with van der Waals surface area (Å²) in [6, 6.07) is 2.06. The van der Waals surface area contributed by atoms with Crippen LogP contribution >= 0.6 is 11.8 Å². The molecule has 1 rings (SSSR count). The highest BCUT2D eigenvalue weighted by Gasteiger charge is 1.95. The van der Waals surface area contributed by atoms with Gasteiger partial charge in [0.2, 0.25) is 0 Å². The number of rotatable bonds is 9. The Morgan fingerprint density at radius 3 is 2.71 bits per heavy atom. The molecule has 0 aromatic carbocycles. The number of nitrogens with zero attached hydrogens (tertiary/aromatic N) is 1. The molecule has 0 saturated carbocycles. The van der Waals surface area contributed by atoms with Gasteiger partial charge in [0.05, 0.1) is 23.8 Å². The fraction of sp³-hybridized carbons (Fsp3) is 0.583. The Hall–Kier alpha value is -0.940. The van der Waals surface area contributed by atoms with E-state index in [9.17, 15) is 0 Å². The van der Waals surface area contributed by atoms with Crippen LogP contribution in [-0.4, -0.2) is 41.3 Å². The van der Waals surface area contributed by atoms with Crippen LogP contribution in [0.25, 0.3) is 0 Å². The minimum absolute atomic E-state index is 0.287. The zero-order valence-electron chi connectivity index (χ0n) is 10.3. The molecule has 1 aromatic heterocycles. The van der Waals surface area contributed by atoms with Crippen LogP contribution in [0.4, 0.5) is 11.4 Å². The molecule has 0 radical (unpaired) electrons. The second-order valence-electron chi connectivity index (χ2n) is 3.61. The molecule has 0 amide bonds. The predicted molar refractivity (Wildman–Crippen MR) is 75.9 cm³/mol. The van der Waals surface area contributed by atoms with E-state index in [0.717, 1.165) is 42.4 Å². The summed E-state index contributed by atoms with van der Waals surface area (Å²) in [6.07, 6.45) is 4.53. The Labute approximate surface area is 107 Å². The first-order chi connectivity index (χ1) is 8.36. The fourth-order valence-corrected chi connectivity index (χ4v) is 2.16. The van der Waals surface area contributed by atoms with E-state index in [1.165, 1.54) is 0 Å². The third-order valence-electron chi connectivity index (χ3n) is 2.14. The number of pyridine rings is 1. The molecule has 4 nitrogen and oxygen atoms in total. The number of hydrogen-bond acceptors (Lipinski definition) is 5. The van der Waals surface area contributed by atoms with Crippen molar-refractivity contribution in [3.63, 3.8) is 0 Å². The molecule has 0 fully saturated rings. The zero-order chi connectivity index (χ0) is 12.3. The lowest BCUT2D eigenvalue weighted by Gasteiger charge is -2.08. The number of aliphatic hydroxyl groups excluding tert-OH is 1. The highest BCUT2D eigenvalue weighted by atomic mass is 32.2. The summed E-state index contributed by atoms with van der Waals surface area (Å²) in [5.41, 5.74) is 2.09. The van der Waals surface area contributed by atoms with Gasteiger partial charge < -0.3 is 15.7 Å². The largest absolute Gasteiger partial charge is 0.396 e. The SMILES string of the molecule is CCNc1cncc(NCCSCCCO)c1. The summed E-state index contributed by atoms with van der Waals surface area (Å²) in [4.78, 5) is 4.17. The Morgan fingerprint density at radius 1 is 1.24 bits per heavy atom. The van der Waals surface area contributed by atoms with E-state index in [0.29, 0.717) is 0 Å². The normalized spacial score (nSPS) is 10.2. The highest BCUT2D eigenvalue weighted by molar-refractivity contribution is 7.99.